The van der Waals surface area contributed by atoms with E-state index in [2.05, 4.69) is 4.57 Å². The van der Waals surface area contributed by atoms with Gasteiger partial charge in [-0.2, -0.15) is 0 Å². The summed E-state index contributed by atoms with van der Waals surface area (Å²) in [6, 6.07) is 5.76. The summed E-state index contributed by atoms with van der Waals surface area (Å²) in [7, 11) is 0. The van der Waals surface area contributed by atoms with E-state index >= 15 is 0 Å². The van der Waals surface area contributed by atoms with Crippen molar-refractivity contribution < 1.29 is 4.79 Å². The Morgan fingerprint density at radius 3 is 2.79 bits per heavy atom. The summed E-state index contributed by atoms with van der Waals surface area (Å²) in [6.07, 6.45) is 9.56. The molecule has 0 N–H and O–H groups in total. The third-order valence-corrected chi connectivity index (χ3v) is 4.42. The molecule has 0 spiro atoms. The molecular formula is C16H18ClNO. The molecule has 0 radical (unpaired) electrons. The van der Waals surface area contributed by atoms with E-state index in [9.17, 15) is 4.79 Å². The lowest BCUT2D eigenvalue weighted by Gasteiger charge is -2.22. The van der Waals surface area contributed by atoms with Gasteiger partial charge in [-0.25, -0.2) is 0 Å². The first-order valence-electron chi connectivity index (χ1n) is 7.01. The summed E-state index contributed by atoms with van der Waals surface area (Å²) in [5.41, 5.74) is 1.85. The molecule has 1 saturated carbocycles. The molecule has 1 aromatic carbocycles. The zero-order valence-corrected chi connectivity index (χ0v) is 11.7. The van der Waals surface area contributed by atoms with Crippen LogP contribution >= 0.6 is 11.6 Å². The number of carbonyl (C=O) groups excluding carboxylic acids is 1. The van der Waals surface area contributed by atoms with Crippen LogP contribution in [0.5, 0.6) is 0 Å². The molecule has 1 aliphatic carbocycles. The maximum atomic E-state index is 11.2. The number of nitrogens with zero attached hydrogens (tertiary/aromatic N) is 1. The molecule has 1 heterocycles. The molecule has 3 heteroatoms. The lowest BCUT2D eigenvalue weighted by atomic mass is 9.89. The van der Waals surface area contributed by atoms with E-state index in [1.807, 2.05) is 24.4 Å². The fraction of sp³-hybridized carbons (Fsp3) is 0.438. The number of halogens is 1. The van der Waals surface area contributed by atoms with Gasteiger partial charge in [0.1, 0.15) is 0 Å². The van der Waals surface area contributed by atoms with E-state index in [0.717, 1.165) is 40.2 Å². The summed E-state index contributed by atoms with van der Waals surface area (Å²) >= 11 is 6.08. The van der Waals surface area contributed by atoms with Gasteiger partial charge in [-0.15, -0.1) is 0 Å². The van der Waals surface area contributed by atoms with Crippen LogP contribution in [-0.2, 0) is 6.54 Å². The Balaban J connectivity index is 1.97. The van der Waals surface area contributed by atoms with E-state index < -0.39 is 0 Å². The zero-order chi connectivity index (χ0) is 13.2. The summed E-state index contributed by atoms with van der Waals surface area (Å²) in [6.45, 7) is 1.00. The second-order valence-corrected chi connectivity index (χ2v) is 5.96. The van der Waals surface area contributed by atoms with Crippen molar-refractivity contribution in [1.29, 1.82) is 0 Å². The molecule has 19 heavy (non-hydrogen) atoms. The Morgan fingerprint density at radius 2 is 2.05 bits per heavy atom. The second-order valence-electron chi connectivity index (χ2n) is 5.52. The Labute approximate surface area is 118 Å². The Hall–Kier alpha value is -1.28. The monoisotopic (exact) mass is 275 g/mol. The normalized spacial score (nSPS) is 16.9. The van der Waals surface area contributed by atoms with E-state index in [-0.39, 0.29) is 0 Å². The molecule has 0 aliphatic heterocycles. The smallest absolute Gasteiger partial charge is 0.152 e. The topological polar surface area (TPSA) is 22.0 Å². The number of aldehydes is 1. The van der Waals surface area contributed by atoms with E-state index in [4.69, 9.17) is 11.6 Å². The average Bonchev–Trinajstić information content (AvgIpc) is 2.77. The van der Waals surface area contributed by atoms with Gasteiger partial charge >= 0.3 is 0 Å². The molecule has 0 bridgehead atoms. The molecule has 3 rings (SSSR count). The van der Waals surface area contributed by atoms with Crippen LogP contribution < -0.4 is 0 Å². The van der Waals surface area contributed by atoms with Gasteiger partial charge in [-0.1, -0.05) is 36.9 Å². The van der Waals surface area contributed by atoms with E-state index in [0.29, 0.717) is 0 Å². The quantitative estimate of drug-likeness (QED) is 0.745. The van der Waals surface area contributed by atoms with Crippen LogP contribution in [0.1, 0.15) is 42.5 Å². The van der Waals surface area contributed by atoms with Crippen LogP contribution in [0.4, 0.5) is 0 Å². The van der Waals surface area contributed by atoms with Gasteiger partial charge in [0.2, 0.25) is 0 Å². The highest BCUT2D eigenvalue weighted by molar-refractivity contribution is 6.31. The summed E-state index contributed by atoms with van der Waals surface area (Å²) in [5.74, 6) is 0.739. The lowest BCUT2D eigenvalue weighted by Crippen LogP contribution is -2.13. The van der Waals surface area contributed by atoms with Gasteiger partial charge in [0.05, 0.1) is 5.52 Å². The molecule has 0 unspecified atom stereocenters. The highest BCUT2D eigenvalue weighted by Crippen LogP contribution is 2.29. The summed E-state index contributed by atoms with van der Waals surface area (Å²) in [5, 5.41) is 1.74. The standard InChI is InChI=1S/C16H18ClNO/c17-14-6-7-15-13(11-19)10-18(16(15)8-14)9-12-4-2-1-3-5-12/h6-8,10-12H,1-5,9H2. The minimum atomic E-state index is 0.730. The van der Waals surface area contributed by atoms with E-state index in [1.54, 1.807) is 0 Å². The predicted molar refractivity (Wildman–Crippen MR) is 78.9 cm³/mol. The fourth-order valence-corrected chi connectivity index (χ4v) is 3.35. The van der Waals surface area contributed by atoms with Crippen LogP contribution in [0.25, 0.3) is 10.9 Å². The number of aromatic nitrogens is 1. The number of hydrogen-bond donors (Lipinski definition) is 0. The maximum absolute atomic E-state index is 11.2. The van der Waals surface area contributed by atoms with Gasteiger partial charge in [0.15, 0.2) is 6.29 Å². The highest BCUT2D eigenvalue weighted by atomic mass is 35.5. The van der Waals surface area contributed by atoms with Gasteiger partial charge in [0.25, 0.3) is 0 Å². The van der Waals surface area contributed by atoms with Crippen LogP contribution in [0.15, 0.2) is 24.4 Å². The zero-order valence-electron chi connectivity index (χ0n) is 10.9. The van der Waals surface area contributed by atoms with Crippen molar-refractivity contribution in [1.82, 2.24) is 4.57 Å². The molecule has 1 aromatic heterocycles. The first kappa shape index (κ1) is 12.7. The predicted octanol–water partition coefficient (Wildman–Crippen LogP) is 4.69. The number of carbonyl (C=O) groups is 1. The summed E-state index contributed by atoms with van der Waals surface area (Å²) in [4.78, 5) is 11.2. The third kappa shape index (κ3) is 2.55. The molecule has 0 atom stereocenters. The molecule has 0 amide bonds. The molecule has 100 valence electrons. The molecule has 2 aromatic rings. The first-order chi connectivity index (χ1) is 9.28. The Bertz CT molecular complexity index is 596. The van der Waals surface area contributed by atoms with Crippen molar-refractivity contribution in [2.75, 3.05) is 0 Å². The van der Waals surface area contributed by atoms with Gasteiger partial charge in [-0.3, -0.25) is 4.79 Å². The van der Waals surface area contributed by atoms with Crippen molar-refractivity contribution in [2.45, 2.75) is 38.6 Å². The van der Waals surface area contributed by atoms with Crippen LogP contribution in [0.3, 0.4) is 0 Å². The van der Waals surface area contributed by atoms with Crippen molar-refractivity contribution >= 4 is 28.8 Å². The largest absolute Gasteiger partial charge is 0.346 e. The van der Waals surface area contributed by atoms with E-state index in [1.165, 1.54) is 32.1 Å². The molecule has 1 fully saturated rings. The molecular weight excluding hydrogens is 258 g/mol. The molecule has 0 saturated heterocycles. The number of fused-ring (bicyclic) bond motifs is 1. The Kier molecular flexibility index (Phi) is 3.61. The van der Waals surface area contributed by atoms with Gasteiger partial charge < -0.3 is 4.57 Å². The lowest BCUT2D eigenvalue weighted by molar-refractivity contribution is 0.112. The van der Waals surface area contributed by atoms with Gasteiger partial charge in [-0.05, 0) is 30.9 Å². The third-order valence-electron chi connectivity index (χ3n) is 4.18. The van der Waals surface area contributed by atoms with Crippen molar-refractivity contribution in [3.8, 4) is 0 Å². The number of hydrogen-bond acceptors (Lipinski definition) is 1. The maximum Gasteiger partial charge on any atom is 0.152 e. The number of rotatable bonds is 3. The molecule has 1 aliphatic rings. The highest BCUT2D eigenvalue weighted by Gasteiger charge is 2.16. The Morgan fingerprint density at radius 1 is 1.26 bits per heavy atom. The van der Waals surface area contributed by atoms with Crippen molar-refractivity contribution in [3.63, 3.8) is 0 Å². The first-order valence-corrected chi connectivity index (χ1v) is 7.39. The SMILES string of the molecule is O=Cc1cn(CC2CCCCC2)c2cc(Cl)ccc12. The number of benzene rings is 1. The van der Waals surface area contributed by atoms with Crippen molar-refractivity contribution in [2.24, 2.45) is 5.92 Å². The van der Waals surface area contributed by atoms with Crippen molar-refractivity contribution in [3.05, 3.63) is 35.0 Å². The average molecular weight is 276 g/mol. The summed E-state index contributed by atoms with van der Waals surface area (Å²) < 4.78 is 2.21. The van der Waals surface area contributed by atoms with Crippen LogP contribution in [-0.4, -0.2) is 10.9 Å². The van der Waals surface area contributed by atoms with Gasteiger partial charge in [0, 0.05) is 28.7 Å². The second kappa shape index (κ2) is 5.38. The van der Waals surface area contributed by atoms with Crippen LogP contribution in [0.2, 0.25) is 5.02 Å². The fourth-order valence-electron chi connectivity index (χ4n) is 3.19. The minimum Gasteiger partial charge on any atom is -0.346 e. The minimum absolute atomic E-state index is 0.730. The van der Waals surface area contributed by atoms with Crippen LogP contribution in [0, 0.1) is 5.92 Å². The molecule has 2 nitrogen and oxygen atoms in total.